The van der Waals surface area contributed by atoms with Crippen LogP contribution in [0.5, 0.6) is 0 Å². The van der Waals surface area contributed by atoms with Crippen molar-refractivity contribution in [1.29, 1.82) is 0 Å². The van der Waals surface area contributed by atoms with Crippen molar-refractivity contribution in [2.24, 2.45) is 4.99 Å². The molecule has 5 nitrogen and oxygen atoms in total. The summed E-state index contributed by atoms with van der Waals surface area (Å²) in [6, 6.07) is -0.0670. The predicted octanol–water partition coefficient (Wildman–Crippen LogP) is 1.84. The molecule has 0 saturated carbocycles. The Morgan fingerprint density at radius 2 is 1.95 bits per heavy atom. The van der Waals surface area contributed by atoms with E-state index >= 15 is 0 Å². The maximum Gasteiger partial charge on any atom is 0.269 e. The molecule has 1 N–H and O–H groups in total. The normalized spacial score (nSPS) is 20.8. The minimum atomic E-state index is -2.90. The van der Waals surface area contributed by atoms with Gasteiger partial charge in [-0.3, -0.25) is 9.79 Å². The monoisotopic (exact) mass is 300 g/mol. The Labute approximate surface area is 121 Å². The second-order valence-corrected chi connectivity index (χ2v) is 7.47. The fourth-order valence-electron chi connectivity index (χ4n) is 2.16. The first-order valence-corrected chi connectivity index (χ1v) is 8.92. The van der Waals surface area contributed by atoms with Crippen molar-refractivity contribution < 1.29 is 13.2 Å². The van der Waals surface area contributed by atoms with E-state index in [1.807, 2.05) is 6.92 Å². The SMILES string of the molecule is C/C=C(/N=C(C)CCC)C(=O)NC1CCS(=O)(=O)CC1. The van der Waals surface area contributed by atoms with Crippen LogP contribution in [0.3, 0.4) is 0 Å². The van der Waals surface area contributed by atoms with Gasteiger partial charge in [0.05, 0.1) is 11.5 Å². The summed E-state index contributed by atoms with van der Waals surface area (Å²) < 4.78 is 22.7. The van der Waals surface area contributed by atoms with Crippen LogP contribution in [0, 0.1) is 0 Å². The van der Waals surface area contributed by atoms with Crippen LogP contribution in [0.2, 0.25) is 0 Å². The molecule has 1 aliphatic rings. The second kappa shape index (κ2) is 7.57. The molecular formula is C14H24N2O3S. The molecule has 0 aromatic heterocycles. The third-order valence-corrected chi connectivity index (χ3v) is 5.03. The first kappa shape index (κ1) is 16.9. The van der Waals surface area contributed by atoms with Gasteiger partial charge in [-0.1, -0.05) is 19.4 Å². The molecule has 0 atom stereocenters. The Kier molecular flexibility index (Phi) is 6.39. The molecule has 0 radical (unpaired) electrons. The lowest BCUT2D eigenvalue weighted by Crippen LogP contribution is -2.41. The molecule has 0 aromatic carbocycles. The van der Waals surface area contributed by atoms with Gasteiger partial charge in [-0.2, -0.15) is 0 Å². The van der Waals surface area contributed by atoms with Crippen molar-refractivity contribution in [2.75, 3.05) is 11.5 Å². The topological polar surface area (TPSA) is 75.6 Å². The Morgan fingerprint density at radius 1 is 1.35 bits per heavy atom. The Hall–Kier alpha value is -1.17. The third kappa shape index (κ3) is 5.45. The van der Waals surface area contributed by atoms with Crippen molar-refractivity contribution in [3.05, 3.63) is 11.8 Å². The van der Waals surface area contributed by atoms with Crippen molar-refractivity contribution in [1.82, 2.24) is 5.32 Å². The van der Waals surface area contributed by atoms with Crippen molar-refractivity contribution >= 4 is 21.5 Å². The van der Waals surface area contributed by atoms with Crippen LogP contribution in [-0.2, 0) is 14.6 Å². The molecule has 1 heterocycles. The van der Waals surface area contributed by atoms with Crippen LogP contribution in [0.4, 0.5) is 0 Å². The average molecular weight is 300 g/mol. The molecule has 20 heavy (non-hydrogen) atoms. The number of hydrogen-bond acceptors (Lipinski definition) is 4. The van der Waals surface area contributed by atoms with Gasteiger partial charge in [0, 0.05) is 11.8 Å². The summed E-state index contributed by atoms with van der Waals surface area (Å²) in [7, 11) is -2.90. The number of aliphatic imine (C=N–C) groups is 1. The van der Waals surface area contributed by atoms with Gasteiger partial charge in [0.2, 0.25) is 0 Å². The van der Waals surface area contributed by atoms with E-state index in [0.29, 0.717) is 18.5 Å². The fraction of sp³-hybridized carbons (Fsp3) is 0.714. The lowest BCUT2D eigenvalue weighted by Gasteiger charge is -2.23. The first-order valence-electron chi connectivity index (χ1n) is 7.09. The molecule has 1 amide bonds. The molecule has 0 unspecified atom stereocenters. The quantitative estimate of drug-likeness (QED) is 0.622. The Morgan fingerprint density at radius 3 is 2.45 bits per heavy atom. The van der Waals surface area contributed by atoms with Gasteiger partial charge in [0.25, 0.3) is 5.91 Å². The molecule has 1 saturated heterocycles. The van der Waals surface area contributed by atoms with Gasteiger partial charge in [-0.25, -0.2) is 8.42 Å². The van der Waals surface area contributed by atoms with Crippen LogP contribution in [0.15, 0.2) is 16.8 Å². The zero-order valence-electron chi connectivity index (χ0n) is 12.5. The highest BCUT2D eigenvalue weighted by molar-refractivity contribution is 7.91. The Balaban J connectivity index is 2.59. The zero-order chi connectivity index (χ0) is 15.2. The number of hydrogen-bond donors (Lipinski definition) is 1. The van der Waals surface area contributed by atoms with Crippen LogP contribution in [0.25, 0.3) is 0 Å². The minimum Gasteiger partial charge on any atom is -0.348 e. The number of nitrogens with zero attached hydrogens (tertiary/aromatic N) is 1. The maximum atomic E-state index is 12.1. The summed E-state index contributed by atoms with van der Waals surface area (Å²) in [6.45, 7) is 5.76. The number of sulfone groups is 1. The van der Waals surface area contributed by atoms with Crippen molar-refractivity contribution in [3.8, 4) is 0 Å². The summed E-state index contributed by atoms with van der Waals surface area (Å²) in [5.74, 6) is 0.0925. The van der Waals surface area contributed by atoms with E-state index in [1.165, 1.54) is 0 Å². The van der Waals surface area contributed by atoms with Gasteiger partial charge >= 0.3 is 0 Å². The average Bonchev–Trinajstić information content (AvgIpc) is 2.38. The van der Waals surface area contributed by atoms with E-state index in [4.69, 9.17) is 0 Å². The van der Waals surface area contributed by atoms with Crippen LogP contribution >= 0.6 is 0 Å². The summed E-state index contributed by atoms with van der Waals surface area (Å²) in [5.41, 5.74) is 1.34. The summed E-state index contributed by atoms with van der Waals surface area (Å²) >= 11 is 0. The second-order valence-electron chi connectivity index (χ2n) is 5.17. The van der Waals surface area contributed by atoms with Gasteiger partial charge in [-0.15, -0.1) is 0 Å². The molecule has 0 aliphatic carbocycles. The van der Waals surface area contributed by atoms with Gasteiger partial charge in [0.1, 0.15) is 15.5 Å². The molecule has 6 heteroatoms. The van der Waals surface area contributed by atoms with Gasteiger partial charge in [-0.05, 0) is 33.1 Å². The minimum absolute atomic E-state index is 0.0670. The third-order valence-electron chi connectivity index (χ3n) is 3.32. The number of allylic oxidation sites excluding steroid dienone is 1. The summed E-state index contributed by atoms with van der Waals surface area (Å²) in [4.78, 5) is 16.4. The van der Waals surface area contributed by atoms with E-state index in [-0.39, 0.29) is 23.5 Å². The number of carbonyl (C=O) groups excluding carboxylic acids is 1. The smallest absolute Gasteiger partial charge is 0.269 e. The highest BCUT2D eigenvalue weighted by Gasteiger charge is 2.25. The molecule has 114 valence electrons. The highest BCUT2D eigenvalue weighted by atomic mass is 32.2. The number of amides is 1. The van der Waals surface area contributed by atoms with Gasteiger partial charge in [0.15, 0.2) is 0 Å². The van der Waals surface area contributed by atoms with Crippen LogP contribution in [-0.4, -0.2) is 37.6 Å². The summed E-state index contributed by atoms with van der Waals surface area (Å²) in [6.07, 6.45) is 4.53. The molecule has 0 aromatic rings. The van der Waals surface area contributed by atoms with E-state index in [2.05, 4.69) is 17.2 Å². The van der Waals surface area contributed by atoms with E-state index in [9.17, 15) is 13.2 Å². The van der Waals surface area contributed by atoms with Crippen LogP contribution < -0.4 is 5.32 Å². The first-order chi connectivity index (χ1) is 9.38. The molecule has 0 bridgehead atoms. The predicted molar refractivity (Wildman–Crippen MR) is 81.6 cm³/mol. The van der Waals surface area contributed by atoms with E-state index < -0.39 is 9.84 Å². The lowest BCUT2D eigenvalue weighted by atomic mass is 10.1. The van der Waals surface area contributed by atoms with E-state index in [0.717, 1.165) is 18.6 Å². The highest BCUT2D eigenvalue weighted by Crippen LogP contribution is 2.13. The standard InChI is InChI=1S/C14H24N2O3S/c1-4-6-11(3)15-13(5-2)14(17)16-12-7-9-20(18,19)10-8-12/h5,12H,4,6-10H2,1-3H3,(H,16,17)/b13-5+,15-11?. The maximum absolute atomic E-state index is 12.1. The number of carbonyl (C=O) groups is 1. The zero-order valence-corrected chi connectivity index (χ0v) is 13.3. The van der Waals surface area contributed by atoms with E-state index in [1.54, 1.807) is 13.0 Å². The number of rotatable bonds is 5. The summed E-state index contributed by atoms with van der Waals surface area (Å²) in [5, 5.41) is 2.88. The van der Waals surface area contributed by atoms with Crippen molar-refractivity contribution in [2.45, 2.75) is 52.5 Å². The fourth-order valence-corrected chi connectivity index (χ4v) is 3.65. The molecule has 0 spiro atoms. The lowest BCUT2D eigenvalue weighted by molar-refractivity contribution is -0.118. The Bertz CT molecular complexity index is 493. The molecular weight excluding hydrogens is 276 g/mol. The van der Waals surface area contributed by atoms with Crippen LogP contribution in [0.1, 0.15) is 46.5 Å². The molecule has 1 rings (SSSR count). The molecule has 1 fully saturated rings. The van der Waals surface area contributed by atoms with Crippen molar-refractivity contribution in [3.63, 3.8) is 0 Å². The number of nitrogens with one attached hydrogen (secondary N) is 1. The largest absolute Gasteiger partial charge is 0.348 e. The molecule has 1 aliphatic heterocycles. The van der Waals surface area contributed by atoms with Gasteiger partial charge < -0.3 is 5.32 Å².